The SMILES string of the molecule is CCC(N)C(=O)[C@](O)(C(=O)O)C(O)C(=O)O. The van der Waals surface area contributed by atoms with E-state index in [4.69, 9.17) is 21.1 Å². The highest BCUT2D eigenvalue weighted by Gasteiger charge is 2.55. The Kier molecular flexibility index (Phi) is 4.54. The third-order valence-corrected chi connectivity index (χ3v) is 2.11. The highest BCUT2D eigenvalue weighted by molar-refractivity contribution is 6.12. The highest BCUT2D eigenvalue weighted by Crippen LogP contribution is 2.16. The molecule has 8 nitrogen and oxygen atoms in total. The molecule has 0 heterocycles. The molecule has 0 spiro atoms. The third kappa shape index (κ3) is 2.35. The molecule has 0 aliphatic rings. The van der Waals surface area contributed by atoms with E-state index in [-0.39, 0.29) is 6.42 Å². The molecular weight excluding hydrogens is 222 g/mol. The average Bonchev–Trinajstić information content (AvgIpc) is 2.24. The van der Waals surface area contributed by atoms with Crippen molar-refractivity contribution >= 4 is 17.7 Å². The predicted octanol–water partition coefficient (Wildman–Crippen LogP) is -2.45. The molecule has 6 N–H and O–H groups in total. The Morgan fingerprint density at radius 1 is 1.31 bits per heavy atom. The lowest BCUT2D eigenvalue weighted by atomic mass is 9.87. The summed E-state index contributed by atoms with van der Waals surface area (Å²) < 4.78 is 0. The summed E-state index contributed by atoms with van der Waals surface area (Å²) in [7, 11) is 0. The van der Waals surface area contributed by atoms with Gasteiger partial charge in [0.1, 0.15) is 0 Å². The fourth-order valence-corrected chi connectivity index (χ4v) is 1.00. The van der Waals surface area contributed by atoms with Gasteiger partial charge in [-0.1, -0.05) is 6.92 Å². The molecular formula is C8H13NO7. The van der Waals surface area contributed by atoms with Crippen molar-refractivity contribution < 1.29 is 34.8 Å². The van der Waals surface area contributed by atoms with Crippen molar-refractivity contribution in [1.29, 1.82) is 0 Å². The number of aliphatic hydroxyl groups is 2. The van der Waals surface area contributed by atoms with Crippen LogP contribution in [0.2, 0.25) is 0 Å². The second kappa shape index (κ2) is 5.01. The first-order valence-electron chi connectivity index (χ1n) is 4.36. The van der Waals surface area contributed by atoms with Crippen LogP contribution in [0.15, 0.2) is 0 Å². The Hall–Kier alpha value is -1.51. The number of ketones is 1. The largest absolute Gasteiger partial charge is 0.479 e. The van der Waals surface area contributed by atoms with Crippen molar-refractivity contribution in [2.75, 3.05) is 0 Å². The molecule has 16 heavy (non-hydrogen) atoms. The van der Waals surface area contributed by atoms with E-state index in [0.717, 1.165) is 0 Å². The molecule has 0 saturated carbocycles. The normalized spacial score (nSPS) is 18.2. The number of carboxylic acids is 2. The second-order valence-electron chi connectivity index (χ2n) is 3.19. The van der Waals surface area contributed by atoms with Gasteiger partial charge in [-0.2, -0.15) is 0 Å². The number of Topliss-reactive ketones (excluding diaryl/α,β-unsaturated/α-hetero) is 1. The summed E-state index contributed by atoms with van der Waals surface area (Å²) in [6, 6.07) is -1.37. The van der Waals surface area contributed by atoms with Gasteiger partial charge >= 0.3 is 11.9 Å². The molecule has 2 unspecified atom stereocenters. The van der Waals surface area contributed by atoms with Crippen LogP contribution in [0.5, 0.6) is 0 Å². The van der Waals surface area contributed by atoms with Crippen LogP contribution in [0.1, 0.15) is 13.3 Å². The Balaban J connectivity index is 5.36. The minimum absolute atomic E-state index is 0.000756. The van der Waals surface area contributed by atoms with Gasteiger partial charge in [-0.05, 0) is 6.42 Å². The maximum absolute atomic E-state index is 11.4. The lowest BCUT2D eigenvalue weighted by Crippen LogP contribution is -2.62. The van der Waals surface area contributed by atoms with E-state index in [1.165, 1.54) is 6.92 Å². The van der Waals surface area contributed by atoms with Crippen molar-refractivity contribution in [3.63, 3.8) is 0 Å². The van der Waals surface area contributed by atoms with Crippen LogP contribution in [0.3, 0.4) is 0 Å². The number of hydrogen-bond acceptors (Lipinski definition) is 6. The van der Waals surface area contributed by atoms with Gasteiger partial charge in [-0.3, -0.25) is 4.79 Å². The van der Waals surface area contributed by atoms with E-state index in [1.807, 2.05) is 0 Å². The molecule has 0 aromatic carbocycles. The van der Waals surface area contributed by atoms with Gasteiger partial charge in [0.2, 0.25) is 0 Å². The molecule has 0 aliphatic heterocycles. The van der Waals surface area contributed by atoms with Crippen LogP contribution in [0.25, 0.3) is 0 Å². The molecule has 0 bridgehead atoms. The average molecular weight is 235 g/mol. The molecule has 3 atom stereocenters. The standard InChI is InChI=1S/C8H13NO7/c1-2-3(9)4(10)8(16,7(14)15)5(11)6(12)13/h3,5,11,16H,2,9H2,1H3,(H,12,13)(H,14,15)/t3?,5?,8-/m1/s1. The first kappa shape index (κ1) is 14.5. The van der Waals surface area contributed by atoms with Crippen molar-refractivity contribution in [2.24, 2.45) is 5.73 Å². The molecule has 0 amide bonds. The van der Waals surface area contributed by atoms with Gasteiger partial charge < -0.3 is 26.2 Å². The van der Waals surface area contributed by atoms with E-state index in [2.05, 4.69) is 0 Å². The second-order valence-corrected chi connectivity index (χ2v) is 3.19. The number of aliphatic hydroxyl groups excluding tert-OH is 1. The van der Waals surface area contributed by atoms with Crippen molar-refractivity contribution in [2.45, 2.75) is 31.1 Å². The van der Waals surface area contributed by atoms with Gasteiger partial charge in [0.25, 0.3) is 5.60 Å². The van der Waals surface area contributed by atoms with E-state index >= 15 is 0 Å². The fourth-order valence-electron chi connectivity index (χ4n) is 1.00. The van der Waals surface area contributed by atoms with Gasteiger partial charge in [-0.15, -0.1) is 0 Å². The van der Waals surface area contributed by atoms with E-state index in [1.54, 1.807) is 0 Å². The molecule has 0 aromatic rings. The van der Waals surface area contributed by atoms with Crippen LogP contribution in [0.4, 0.5) is 0 Å². The first-order valence-corrected chi connectivity index (χ1v) is 4.36. The molecule has 0 aromatic heterocycles. The molecule has 0 saturated heterocycles. The monoisotopic (exact) mass is 235 g/mol. The van der Waals surface area contributed by atoms with Crippen molar-refractivity contribution in [1.82, 2.24) is 0 Å². The van der Waals surface area contributed by atoms with Gasteiger partial charge in [0.15, 0.2) is 11.9 Å². The lowest BCUT2D eigenvalue weighted by molar-refractivity contribution is -0.187. The zero-order valence-corrected chi connectivity index (χ0v) is 8.45. The minimum Gasteiger partial charge on any atom is -0.479 e. The van der Waals surface area contributed by atoms with Gasteiger partial charge in [0, 0.05) is 0 Å². The maximum Gasteiger partial charge on any atom is 0.347 e. The Morgan fingerprint density at radius 2 is 1.75 bits per heavy atom. The number of carbonyl (C=O) groups excluding carboxylic acids is 1. The zero-order chi connectivity index (χ0) is 13.1. The first-order chi connectivity index (χ1) is 7.19. The van der Waals surface area contributed by atoms with Crippen LogP contribution >= 0.6 is 0 Å². The van der Waals surface area contributed by atoms with Crippen molar-refractivity contribution in [3.05, 3.63) is 0 Å². The van der Waals surface area contributed by atoms with Gasteiger partial charge in [0.05, 0.1) is 6.04 Å². The summed E-state index contributed by atoms with van der Waals surface area (Å²) in [5.74, 6) is -5.63. The molecule has 0 rings (SSSR count). The van der Waals surface area contributed by atoms with Crippen molar-refractivity contribution in [3.8, 4) is 0 Å². The molecule has 92 valence electrons. The highest BCUT2D eigenvalue weighted by atomic mass is 16.4. The summed E-state index contributed by atoms with van der Waals surface area (Å²) in [6.07, 6.45) is -2.77. The van der Waals surface area contributed by atoms with Crippen LogP contribution in [-0.4, -0.2) is 55.9 Å². The van der Waals surface area contributed by atoms with E-state index in [9.17, 15) is 19.5 Å². The fraction of sp³-hybridized carbons (Fsp3) is 0.625. The topological polar surface area (TPSA) is 158 Å². The Morgan fingerprint density at radius 3 is 2.00 bits per heavy atom. The number of rotatable bonds is 6. The summed E-state index contributed by atoms with van der Waals surface area (Å²) in [6.45, 7) is 1.44. The number of aliphatic carboxylic acids is 2. The van der Waals surface area contributed by atoms with Crippen LogP contribution in [0, 0.1) is 0 Å². The number of hydrogen-bond donors (Lipinski definition) is 5. The van der Waals surface area contributed by atoms with Crippen LogP contribution < -0.4 is 5.73 Å². The smallest absolute Gasteiger partial charge is 0.347 e. The molecule has 0 aliphatic carbocycles. The lowest BCUT2D eigenvalue weighted by Gasteiger charge is -2.26. The predicted molar refractivity (Wildman–Crippen MR) is 49.5 cm³/mol. The Bertz CT molecular complexity index is 316. The number of carboxylic acid groups (broad SMARTS) is 2. The zero-order valence-electron chi connectivity index (χ0n) is 8.45. The summed E-state index contributed by atoms with van der Waals surface area (Å²) >= 11 is 0. The summed E-state index contributed by atoms with van der Waals surface area (Å²) in [4.78, 5) is 32.5. The quantitative estimate of drug-likeness (QED) is 0.317. The number of carbonyl (C=O) groups is 3. The summed E-state index contributed by atoms with van der Waals surface area (Å²) in [5, 5.41) is 35.5. The van der Waals surface area contributed by atoms with Gasteiger partial charge in [-0.25, -0.2) is 9.59 Å². The Labute approximate surface area is 90.3 Å². The molecule has 0 fully saturated rings. The molecule has 8 heteroatoms. The third-order valence-electron chi connectivity index (χ3n) is 2.11. The van der Waals surface area contributed by atoms with E-state index in [0.29, 0.717) is 0 Å². The summed E-state index contributed by atoms with van der Waals surface area (Å²) in [5.41, 5.74) is 1.77. The van der Waals surface area contributed by atoms with Crippen LogP contribution in [-0.2, 0) is 14.4 Å². The number of nitrogens with two attached hydrogens (primary N) is 1. The van der Waals surface area contributed by atoms with E-state index < -0.39 is 35.5 Å². The molecule has 0 radical (unpaired) electrons. The minimum atomic E-state index is -3.43. The maximum atomic E-state index is 11.4.